The standard InChI is InChI=1S/C17H20N2O4S/c1-13(14-7-9-16(10-8-14)24(18,21)22)19-17(20)11-12-23-15-5-3-2-4-6-15/h2-10,13H,11-12H2,1H3,(H,19,20)(H2,18,21,22)/t13-/m0/s1. The van der Waals surface area contributed by atoms with Crippen LogP contribution in [0.15, 0.2) is 59.5 Å². The van der Waals surface area contributed by atoms with E-state index in [0.717, 1.165) is 11.3 Å². The van der Waals surface area contributed by atoms with Crippen molar-refractivity contribution in [2.75, 3.05) is 6.61 Å². The van der Waals surface area contributed by atoms with Crippen LogP contribution in [0.4, 0.5) is 0 Å². The summed E-state index contributed by atoms with van der Waals surface area (Å²) < 4.78 is 27.9. The zero-order chi connectivity index (χ0) is 17.6. The van der Waals surface area contributed by atoms with E-state index in [1.54, 1.807) is 12.1 Å². The third-order valence-corrected chi connectivity index (χ3v) is 4.36. The molecule has 2 aromatic rings. The minimum atomic E-state index is -3.71. The van der Waals surface area contributed by atoms with Gasteiger partial charge in [-0.05, 0) is 36.8 Å². The van der Waals surface area contributed by atoms with Crippen LogP contribution >= 0.6 is 0 Å². The number of hydrogen-bond donors (Lipinski definition) is 2. The predicted molar refractivity (Wildman–Crippen MR) is 90.9 cm³/mol. The number of nitrogens with two attached hydrogens (primary N) is 1. The van der Waals surface area contributed by atoms with E-state index < -0.39 is 10.0 Å². The number of amides is 1. The summed E-state index contributed by atoms with van der Waals surface area (Å²) in [5, 5.41) is 7.90. The second-order valence-electron chi connectivity index (χ2n) is 5.31. The summed E-state index contributed by atoms with van der Waals surface area (Å²) in [6.07, 6.45) is 0.231. The van der Waals surface area contributed by atoms with Gasteiger partial charge in [-0.2, -0.15) is 0 Å². The second kappa shape index (κ2) is 7.94. The van der Waals surface area contributed by atoms with Crippen LogP contribution in [0, 0.1) is 0 Å². The fraction of sp³-hybridized carbons (Fsp3) is 0.235. The van der Waals surface area contributed by atoms with E-state index in [2.05, 4.69) is 5.32 Å². The lowest BCUT2D eigenvalue weighted by atomic mass is 10.1. The number of hydrogen-bond acceptors (Lipinski definition) is 4. The van der Waals surface area contributed by atoms with Crippen molar-refractivity contribution in [2.24, 2.45) is 5.14 Å². The van der Waals surface area contributed by atoms with E-state index in [0.29, 0.717) is 0 Å². The molecule has 0 radical (unpaired) electrons. The monoisotopic (exact) mass is 348 g/mol. The Morgan fingerprint density at radius 2 is 1.75 bits per heavy atom. The Hall–Kier alpha value is -2.38. The van der Waals surface area contributed by atoms with Gasteiger partial charge in [-0.15, -0.1) is 0 Å². The minimum absolute atomic E-state index is 0.0426. The first-order chi connectivity index (χ1) is 11.4. The van der Waals surface area contributed by atoms with E-state index in [1.165, 1.54) is 12.1 Å². The maximum atomic E-state index is 11.9. The van der Waals surface area contributed by atoms with Gasteiger partial charge in [0, 0.05) is 0 Å². The van der Waals surface area contributed by atoms with E-state index in [9.17, 15) is 13.2 Å². The van der Waals surface area contributed by atoms with E-state index >= 15 is 0 Å². The molecular weight excluding hydrogens is 328 g/mol. The van der Waals surface area contributed by atoms with Crippen LogP contribution in [-0.2, 0) is 14.8 Å². The van der Waals surface area contributed by atoms with Gasteiger partial charge in [0.15, 0.2) is 0 Å². The van der Waals surface area contributed by atoms with Gasteiger partial charge >= 0.3 is 0 Å². The summed E-state index contributed by atoms with van der Waals surface area (Å²) in [6.45, 7) is 2.11. The summed E-state index contributed by atoms with van der Waals surface area (Å²) in [6, 6.07) is 15.1. The Morgan fingerprint density at radius 3 is 2.33 bits per heavy atom. The van der Waals surface area contributed by atoms with Crippen LogP contribution in [0.1, 0.15) is 24.9 Å². The first kappa shape index (κ1) is 18.0. The molecule has 0 aliphatic rings. The van der Waals surface area contributed by atoms with Crippen LogP contribution in [0.5, 0.6) is 5.75 Å². The lowest BCUT2D eigenvalue weighted by Gasteiger charge is -2.15. The fourth-order valence-electron chi connectivity index (χ4n) is 2.12. The number of ether oxygens (including phenoxy) is 1. The highest BCUT2D eigenvalue weighted by Gasteiger charge is 2.12. The average molecular weight is 348 g/mol. The summed E-state index contributed by atoms with van der Waals surface area (Å²) in [7, 11) is -3.71. The van der Waals surface area contributed by atoms with Crippen LogP contribution in [0.25, 0.3) is 0 Å². The Labute approximate surface area is 141 Å². The van der Waals surface area contributed by atoms with Crippen LogP contribution in [0.2, 0.25) is 0 Å². The van der Waals surface area contributed by atoms with E-state index in [4.69, 9.17) is 9.88 Å². The summed E-state index contributed by atoms with van der Waals surface area (Å²) in [4.78, 5) is 12.0. The smallest absolute Gasteiger partial charge is 0.238 e. The number of primary sulfonamides is 1. The van der Waals surface area contributed by atoms with Gasteiger partial charge in [0.05, 0.1) is 24.0 Å². The molecule has 6 nitrogen and oxygen atoms in total. The van der Waals surface area contributed by atoms with Gasteiger partial charge in [0.2, 0.25) is 15.9 Å². The third kappa shape index (κ3) is 5.36. The first-order valence-electron chi connectivity index (χ1n) is 7.46. The number of benzene rings is 2. The maximum absolute atomic E-state index is 11.9. The molecule has 0 aliphatic heterocycles. The number of nitrogens with one attached hydrogen (secondary N) is 1. The summed E-state index contributed by atoms with van der Waals surface area (Å²) in [5.74, 6) is 0.575. The molecule has 0 spiro atoms. The molecule has 0 bridgehead atoms. The fourth-order valence-corrected chi connectivity index (χ4v) is 2.64. The maximum Gasteiger partial charge on any atom is 0.238 e. The predicted octanol–water partition coefficient (Wildman–Crippen LogP) is 1.98. The Kier molecular flexibility index (Phi) is 5.94. The zero-order valence-corrected chi connectivity index (χ0v) is 14.1. The molecule has 128 valence electrons. The molecule has 0 aliphatic carbocycles. The van der Waals surface area contributed by atoms with Crippen molar-refractivity contribution in [1.29, 1.82) is 0 Å². The van der Waals surface area contributed by atoms with Crippen molar-refractivity contribution >= 4 is 15.9 Å². The number of sulfonamides is 1. The number of carbonyl (C=O) groups excluding carboxylic acids is 1. The van der Waals surface area contributed by atoms with Crippen molar-refractivity contribution in [3.05, 3.63) is 60.2 Å². The Bertz CT molecular complexity index is 774. The van der Waals surface area contributed by atoms with Crippen molar-refractivity contribution in [3.8, 4) is 5.75 Å². The Balaban J connectivity index is 1.83. The molecular formula is C17H20N2O4S. The average Bonchev–Trinajstić information content (AvgIpc) is 2.55. The molecule has 0 aromatic heterocycles. The molecule has 0 unspecified atom stereocenters. The molecule has 3 N–H and O–H groups in total. The van der Waals surface area contributed by atoms with Crippen molar-refractivity contribution < 1.29 is 17.9 Å². The molecule has 0 heterocycles. The van der Waals surface area contributed by atoms with Crippen molar-refractivity contribution in [2.45, 2.75) is 24.3 Å². The normalized spacial score (nSPS) is 12.4. The van der Waals surface area contributed by atoms with E-state index in [1.807, 2.05) is 37.3 Å². The van der Waals surface area contributed by atoms with Gasteiger partial charge in [-0.25, -0.2) is 13.6 Å². The molecule has 0 saturated heterocycles. The highest BCUT2D eigenvalue weighted by Crippen LogP contribution is 2.15. The quantitative estimate of drug-likeness (QED) is 0.799. The first-order valence-corrected chi connectivity index (χ1v) is 9.01. The SMILES string of the molecule is C[C@H](NC(=O)CCOc1ccccc1)c1ccc(S(N)(=O)=O)cc1. The molecule has 2 rings (SSSR count). The van der Waals surface area contributed by atoms with Gasteiger partial charge in [0.25, 0.3) is 0 Å². The zero-order valence-electron chi connectivity index (χ0n) is 13.3. The van der Waals surface area contributed by atoms with Gasteiger partial charge < -0.3 is 10.1 Å². The lowest BCUT2D eigenvalue weighted by molar-refractivity contribution is -0.122. The van der Waals surface area contributed by atoms with Crippen molar-refractivity contribution in [1.82, 2.24) is 5.32 Å². The number of rotatable bonds is 7. The molecule has 0 saturated carbocycles. The molecule has 1 atom stereocenters. The minimum Gasteiger partial charge on any atom is -0.493 e. The highest BCUT2D eigenvalue weighted by atomic mass is 32.2. The van der Waals surface area contributed by atoms with Crippen LogP contribution in [-0.4, -0.2) is 20.9 Å². The van der Waals surface area contributed by atoms with E-state index in [-0.39, 0.29) is 29.9 Å². The second-order valence-corrected chi connectivity index (χ2v) is 6.88. The lowest BCUT2D eigenvalue weighted by Crippen LogP contribution is -2.27. The summed E-state index contributed by atoms with van der Waals surface area (Å²) >= 11 is 0. The third-order valence-electron chi connectivity index (χ3n) is 3.43. The molecule has 0 fully saturated rings. The Morgan fingerprint density at radius 1 is 1.12 bits per heavy atom. The molecule has 24 heavy (non-hydrogen) atoms. The molecule has 1 amide bonds. The highest BCUT2D eigenvalue weighted by molar-refractivity contribution is 7.89. The molecule has 2 aromatic carbocycles. The van der Waals surface area contributed by atoms with Gasteiger partial charge in [-0.3, -0.25) is 4.79 Å². The van der Waals surface area contributed by atoms with Gasteiger partial charge in [-0.1, -0.05) is 30.3 Å². The van der Waals surface area contributed by atoms with Crippen molar-refractivity contribution in [3.63, 3.8) is 0 Å². The topological polar surface area (TPSA) is 98.5 Å². The number of carbonyl (C=O) groups is 1. The van der Waals surface area contributed by atoms with Gasteiger partial charge in [0.1, 0.15) is 5.75 Å². The van der Waals surface area contributed by atoms with Crippen LogP contribution in [0.3, 0.4) is 0 Å². The number of para-hydroxylation sites is 1. The molecule has 7 heteroatoms. The largest absolute Gasteiger partial charge is 0.493 e. The summed E-state index contributed by atoms with van der Waals surface area (Å²) in [5.41, 5.74) is 0.791. The van der Waals surface area contributed by atoms with Crippen LogP contribution < -0.4 is 15.2 Å².